The number of hydrogen-bond acceptors (Lipinski definition) is 7. The molecule has 3 aromatic rings. The lowest BCUT2D eigenvalue weighted by Crippen LogP contribution is -2.40. The standard InChI is InChI=1S/C35H46N6O5/c1-24-11-16-28(25(2)31(24)36)38-33(43)41(18-8-17-40-19-21-45-22-20-40)23-26-12-14-27(15-13-26)32(42)37-29-9-6-7-10-30(29)39-34(44)46-35(3,4)5/h6-7,9-16H,8,17-23,36H2,1-5H3,(H,37,42)(H,38,43)(H,39,44). The van der Waals surface area contributed by atoms with Gasteiger partial charge in [-0.05, 0) is 88.1 Å². The van der Waals surface area contributed by atoms with Gasteiger partial charge in [0, 0.05) is 49.7 Å². The van der Waals surface area contributed by atoms with Crippen LogP contribution in [0.5, 0.6) is 0 Å². The first-order chi connectivity index (χ1) is 21.9. The average Bonchev–Trinajstić information content (AvgIpc) is 3.01. The molecule has 5 N–H and O–H groups in total. The van der Waals surface area contributed by atoms with Crippen LogP contribution >= 0.6 is 0 Å². The van der Waals surface area contributed by atoms with Crippen molar-refractivity contribution in [2.24, 2.45) is 0 Å². The van der Waals surface area contributed by atoms with Crippen molar-refractivity contribution in [3.05, 3.63) is 82.9 Å². The summed E-state index contributed by atoms with van der Waals surface area (Å²) in [7, 11) is 0. The van der Waals surface area contributed by atoms with E-state index in [1.807, 2.05) is 38.1 Å². The van der Waals surface area contributed by atoms with E-state index in [-0.39, 0.29) is 11.9 Å². The summed E-state index contributed by atoms with van der Waals surface area (Å²) >= 11 is 0. The number of anilines is 4. The van der Waals surface area contributed by atoms with Crippen LogP contribution in [0.2, 0.25) is 0 Å². The van der Waals surface area contributed by atoms with Crippen molar-refractivity contribution < 1.29 is 23.9 Å². The Balaban J connectivity index is 1.43. The topological polar surface area (TPSA) is 138 Å². The van der Waals surface area contributed by atoms with E-state index in [1.54, 1.807) is 62.1 Å². The number of nitrogens with one attached hydrogen (secondary N) is 3. The van der Waals surface area contributed by atoms with Gasteiger partial charge in [0.25, 0.3) is 5.91 Å². The molecule has 246 valence electrons. The smallest absolute Gasteiger partial charge is 0.412 e. The molecule has 3 aromatic carbocycles. The summed E-state index contributed by atoms with van der Waals surface area (Å²) in [6.45, 7) is 14.2. The zero-order chi connectivity index (χ0) is 33.3. The van der Waals surface area contributed by atoms with Gasteiger partial charge in [-0.1, -0.05) is 30.3 Å². The zero-order valence-electron chi connectivity index (χ0n) is 27.4. The minimum absolute atomic E-state index is 0.218. The molecular weight excluding hydrogens is 584 g/mol. The van der Waals surface area contributed by atoms with Gasteiger partial charge in [0.05, 0.1) is 24.6 Å². The number of ether oxygens (including phenoxy) is 2. The lowest BCUT2D eigenvalue weighted by Gasteiger charge is -2.28. The number of hydrogen-bond donors (Lipinski definition) is 4. The Hall–Kier alpha value is -4.61. The molecule has 0 aromatic heterocycles. The quantitative estimate of drug-likeness (QED) is 0.195. The number of carbonyl (C=O) groups is 3. The molecule has 11 nitrogen and oxygen atoms in total. The van der Waals surface area contributed by atoms with E-state index in [0.717, 1.165) is 56.0 Å². The highest BCUT2D eigenvalue weighted by molar-refractivity contribution is 6.07. The van der Waals surface area contributed by atoms with Crippen molar-refractivity contribution in [3.8, 4) is 0 Å². The number of benzene rings is 3. The number of nitrogens with two attached hydrogens (primary N) is 1. The summed E-state index contributed by atoms with van der Waals surface area (Å²) in [4.78, 5) is 43.1. The van der Waals surface area contributed by atoms with Gasteiger partial charge in [0.1, 0.15) is 5.60 Å². The summed E-state index contributed by atoms with van der Waals surface area (Å²) in [6, 6.07) is 17.6. The van der Waals surface area contributed by atoms with E-state index in [2.05, 4.69) is 20.9 Å². The van der Waals surface area contributed by atoms with Gasteiger partial charge >= 0.3 is 12.1 Å². The Morgan fingerprint density at radius 2 is 1.54 bits per heavy atom. The van der Waals surface area contributed by atoms with Gasteiger partial charge in [-0.3, -0.25) is 15.0 Å². The molecule has 46 heavy (non-hydrogen) atoms. The average molecular weight is 631 g/mol. The van der Waals surface area contributed by atoms with Crippen LogP contribution in [0.15, 0.2) is 60.7 Å². The molecule has 1 aliphatic rings. The van der Waals surface area contributed by atoms with Crippen LogP contribution < -0.4 is 21.7 Å². The van der Waals surface area contributed by atoms with Crippen molar-refractivity contribution in [2.45, 2.75) is 53.2 Å². The Morgan fingerprint density at radius 3 is 2.20 bits per heavy atom. The number of aryl methyl sites for hydroxylation is 1. The fraction of sp³-hybridized carbons (Fsp3) is 0.400. The summed E-state index contributed by atoms with van der Waals surface area (Å²) < 4.78 is 10.8. The van der Waals surface area contributed by atoms with Crippen molar-refractivity contribution >= 4 is 40.8 Å². The third kappa shape index (κ3) is 9.95. The first-order valence-electron chi connectivity index (χ1n) is 15.6. The number of morpholine rings is 1. The van der Waals surface area contributed by atoms with Gasteiger partial charge in [-0.25, -0.2) is 9.59 Å². The molecule has 0 atom stereocenters. The molecule has 0 saturated carbocycles. The number of amides is 4. The zero-order valence-corrected chi connectivity index (χ0v) is 27.4. The Kier molecular flexibility index (Phi) is 11.6. The molecule has 0 spiro atoms. The van der Waals surface area contributed by atoms with E-state index in [0.29, 0.717) is 41.4 Å². The van der Waals surface area contributed by atoms with Crippen LogP contribution in [0.25, 0.3) is 0 Å². The molecule has 4 amide bonds. The van der Waals surface area contributed by atoms with Crippen LogP contribution in [0.3, 0.4) is 0 Å². The van der Waals surface area contributed by atoms with Crippen LogP contribution in [0, 0.1) is 13.8 Å². The molecule has 0 radical (unpaired) electrons. The lowest BCUT2D eigenvalue weighted by atomic mass is 10.1. The van der Waals surface area contributed by atoms with E-state index in [9.17, 15) is 14.4 Å². The number of rotatable bonds is 10. The number of nitrogens with zero attached hydrogens (tertiary/aromatic N) is 2. The van der Waals surface area contributed by atoms with Crippen molar-refractivity contribution in [3.63, 3.8) is 0 Å². The summed E-state index contributed by atoms with van der Waals surface area (Å²) in [5.41, 5.74) is 10.9. The van der Waals surface area contributed by atoms with E-state index in [4.69, 9.17) is 15.2 Å². The molecular formula is C35H46N6O5. The minimum atomic E-state index is -0.656. The molecule has 0 unspecified atom stereocenters. The van der Waals surface area contributed by atoms with Gasteiger partial charge in [-0.2, -0.15) is 0 Å². The second-order valence-electron chi connectivity index (χ2n) is 12.5. The van der Waals surface area contributed by atoms with Crippen molar-refractivity contribution in [1.29, 1.82) is 0 Å². The second kappa shape index (κ2) is 15.6. The van der Waals surface area contributed by atoms with Gasteiger partial charge < -0.3 is 30.7 Å². The largest absolute Gasteiger partial charge is 0.444 e. The van der Waals surface area contributed by atoms with Gasteiger partial charge in [-0.15, -0.1) is 0 Å². The van der Waals surface area contributed by atoms with Crippen LogP contribution in [0.1, 0.15) is 54.2 Å². The summed E-state index contributed by atoms with van der Waals surface area (Å²) in [5, 5.41) is 8.61. The molecule has 0 bridgehead atoms. The first kappa shape index (κ1) is 34.3. The molecule has 4 rings (SSSR count). The number of urea groups is 1. The maximum absolute atomic E-state index is 13.5. The normalized spacial score (nSPS) is 13.5. The number of carbonyl (C=O) groups excluding carboxylic acids is 3. The van der Waals surface area contributed by atoms with Crippen LogP contribution in [-0.4, -0.2) is 72.8 Å². The van der Waals surface area contributed by atoms with Crippen molar-refractivity contribution in [2.75, 3.05) is 61.1 Å². The lowest BCUT2D eigenvalue weighted by molar-refractivity contribution is 0.0365. The minimum Gasteiger partial charge on any atom is -0.444 e. The maximum atomic E-state index is 13.5. The Morgan fingerprint density at radius 1 is 0.891 bits per heavy atom. The first-order valence-corrected chi connectivity index (χ1v) is 15.6. The second-order valence-corrected chi connectivity index (χ2v) is 12.5. The SMILES string of the molecule is Cc1ccc(NC(=O)N(CCCN2CCOCC2)Cc2ccc(C(=O)Nc3ccccc3NC(=O)OC(C)(C)C)cc2)c(C)c1N. The van der Waals surface area contributed by atoms with E-state index < -0.39 is 11.7 Å². The van der Waals surface area contributed by atoms with Gasteiger partial charge in [0.2, 0.25) is 0 Å². The molecule has 1 aliphatic heterocycles. The van der Waals surface area contributed by atoms with Crippen LogP contribution in [0.4, 0.5) is 32.3 Å². The molecule has 1 fully saturated rings. The highest BCUT2D eigenvalue weighted by Gasteiger charge is 2.20. The third-order valence-electron chi connectivity index (χ3n) is 7.67. The molecule has 0 aliphatic carbocycles. The predicted octanol–water partition coefficient (Wildman–Crippen LogP) is 6.24. The summed E-state index contributed by atoms with van der Waals surface area (Å²) in [5.74, 6) is -0.336. The van der Waals surface area contributed by atoms with Gasteiger partial charge in [0.15, 0.2) is 0 Å². The molecule has 11 heteroatoms. The fourth-order valence-electron chi connectivity index (χ4n) is 5.05. The van der Waals surface area contributed by atoms with Crippen LogP contribution in [-0.2, 0) is 16.0 Å². The molecule has 1 saturated heterocycles. The highest BCUT2D eigenvalue weighted by Crippen LogP contribution is 2.26. The Labute approximate surface area is 271 Å². The van der Waals surface area contributed by atoms with E-state index in [1.165, 1.54) is 0 Å². The maximum Gasteiger partial charge on any atom is 0.412 e. The third-order valence-corrected chi connectivity index (χ3v) is 7.67. The highest BCUT2D eigenvalue weighted by atomic mass is 16.6. The molecule has 1 heterocycles. The Bertz CT molecular complexity index is 1510. The fourth-order valence-corrected chi connectivity index (χ4v) is 5.05. The monoisotopic (exact) mass is 630 g/mol. The van der Waals surface area contributed by atoms with E-state index >= 15 is 0 Å². The predicted molar refractivity (Wildman–Crippen MR) is 182 cm³/mol. The summed E-state index contributed by atoms with van der Waals surface area (Å²) in [6.07, 6.45) is 0.192. The van der Waals surface area contributed by atoms with Crippen molar-refractivity contribution in [1.82, 2.24) is 9.80 Å². The number of nitrogen functional groups attached to an aromatic ring is 1. The number of para-hydroxylation sites is 2.